The number of methoxy groups -OCH3 is 2. The molecule has 3 heterocycles. The zero-order chi connectivity index (χ0) is 25.6. The summed E-state index contributed by atoms with van der Waals surface area (Å²) >= 11 is 0. The van der Waals surface area contributed by atoms with E-state index in [2.05, 4.69) is 20.5 Å². The molecule has 5 rings (SSSR count). The molecule has 0 unspecified atom stereocenters. The smallest absolute Gasteiger partial charge is 0.257 e. The van der Waals surface area contributed by atoms with Crippen molar-refractivity contribution >= 4 is 22.6 Å². The predicted molar refractivity (Wildman–Crippen MR) is 138 cm³/mol. The van der Waals surface area contributed by atoms with Crippen LogP contribution in [0.4, 0.5) is 5.69 Å². The maximum atomic E-state index is 12.9. The number of fused-ring (bicyclic) bond motifs is 1. The van der Waals surface area contributed by atoms with E-state index in [0.717, 1.165) is 10.9 Å². The molecule has 3 aromatic heterocycles. The summed E-state index contributed by atoms with van der Waals surface area (Å²) in [6.07, 6.45) is 6.85. The van der Waals surface area contributed by atoms with Gasteiger partial charge in [-0.25, -0.2) is 9.67 Å². The van der Waals surface area contributed by atoms with Crippen molar-refractivity contribution in [1.82, 2.24) is 24.5 Å². The van der Waals surface area contributed by atoms with E-state index in [1.807, 2.05) is 48.7 Å². The molecule has 2 aromatic carbocycles. The number of amides is 1. The highest BCUT2D eigenvalue weighted by atomic mass is 16.5. The van der Waals surface area contributed by atoms with Gasteiger partial charge in [-0.15, -0.1) is 0 Å². The van der Waals surface area contributed by atoms with Crippen LogP contribution in [0.3, 0.4) is 0 Å². The topological polar surface area (TPSA) is 105 Å². The minimum atomic E-state index is -0.271. The van der Waals surface area contributed by atoms with Gasteiger partial charge in [0.15, 0.2) is 5.65 Å². The molecule has 0 aliphatic heterocycles. The number of carbonyl (C=O) groups is 1. The van der Waals surface area contributed by atoms with Crippen LogP contribution in [0.25, 0.3) is 11.0 Å². The van der Waals surface area contributed by atoms with Crippen molar-refractivity contribution in [2.24, 2.45) is 0 Å². The molecule has 1 amide bonds. The van der Waals surface area contributed by atoms with Crippen LogP contribution in [0.1, 0.15) is 15.9 Å². The first-order valence-corrected chi connectivity index (χ1v) is 11.7. The van der Waals surface area contributed by atoms with E-state index in [1.54, 1.807) is 54.3 Å². The minimum Gasteiger partial charge on any atom is -0.497 e. The molecule has 0 fully saturated rings. The Morgan fingerprint density at radius 2 is 1.89 bits per heavy atom. The SMILES string of the molecule is COc1ccc(Cn2ncc3cc(C(=O)Nc4cccc(OCCn5cccn5)c4)cnc32)c(OC)c1. The van der Waals surface area contributed by atoms with E-state index in [-0.39, 0.29) is 5.91 Å². The summed E-state index contributed by atoms with van der Waals surface area (Å²) in [5.74, 6) is 1.80. The van der Waals surface area contributed by atoms with Gasteiger partial charge < -0.3 is 19.5 Å². The molecular formula is C27H26N6O4. The Kier molecular flexibility index (Phi) is 6.98. The average molecular weight is 499 g/mol. The second-order valence-corrected chi connectivity index (χ2v) is 8.22. The third kappa shape index (κ3) is 5.53. The van der Waals surface area contributed by atoms with Crippen molar-refractivity contribution in [1.29, 1.82) is 0 Å². The van der Waals surface area contributed by atoms with Crippen LogP contribution < -0.4 is 19.5 Å². The van der Waals surface area contributed by atoms with E-state index >= 15 is 0 Å². The normalized spacial score (nSPS) is 10.9. The minimum absolute atomic E-state index is 0.271. The monoisotopic (exact) mass is 498 g/mol. The molecule has 0 radical (unpaired) electrons. The molecular weight excluding hydrogens is 472 g/mol. The van der Waals surface area contributed by atoms with Gasteiger partial charge in [-0.3, -0.25) is 9.48 Å². The van der Waals surface area contributed by atoms with Gasteiger partial charge in [0.2, 0.25) is 0 Å². The number of rotatable bonds is 10. The first-order chi connectivity index (χ1) is 18.1. The summed E-state index contributed by atoms with van der Waals surface area (Å²) in [4.78, 5) is 17.4. The molecule has 188 valence electrons. The predicted octanol–water partition coefficient (Wildman–Crippen LogP) is 4.02. The highest BCUT2D eigenvalue weighted by Gasteiger charge is 2.13. The lowest BCUT2D eigenvalue weighted by molar-refractivity contribution is 0.102. The fraction of sp³-hybridized carbons (Fsp3) is 0.185. The van der Waals surface area contributed by atoms with E-state index < -0.39 is 0 Å². The van der Waals surface area contributed by atoms with E-state index in [4.69, 9.17) is 14.2 Å². The zero-order valence-corrected chi connectivity index (χ0v) is 20.5. The van der Waals surface area contributed by atoms with Crippen LogP contribution in [-0.2, 0) is 13.1 Å². The fourth-order valence-corrected chi connectivity index (χ4v) is 3.91. The Morgan fingerprint density at radius 1 is 0.973 bits per heavy atom. The highest BCUT2D eigenvalue weighted by molar-refractivity contribution is 6.05. The first-order valence-electron chi connectivity index (χ1n) is 11.7. The first kappa shape index (κ1) is 23.9. The van der Waals surface area contributed by atoms with Crippen LogP contribution >= 0.6 is 0 Å². The van der Waals surface area contributed by atoms with Crippen LogP contribution in [0.5, 0.6) is 17.2 Å². The number of ether oxygens (including phenoxy) is 3. The molecule has 10 heteroatoms. The van der Waals surface area contributed by atoms with E-state index in [1.165, 1.54) is 0 Å². The third-order valence-electron chi connectivity index (χ3n) is 5.79. The second-order valence-electron chi connectivity index (χ2n) is 8.22. The lowest BCUT2D eigenvalue weighted by atomic mass is 10.2. The standard InChI is InChI=1S/C27H26N6O4/c1-35-23-8-7-19(25(15-23)36-2)18-33-26-20(17-30-33)13-21(16-28-26)27(34)31-22-5-3-6-24(14-22)37-12-11-32-10-4-9-29-32/h3-10,13-17H,11-12,18H2,1-2H3,(H,31,34). The van der Waals surface area contributed by atoms with E-state index in [9.17, 15) is 4.79 Å². The van der Waals surface area contributed by atoms with Gasteiger partial charge in [-0.2, -0.15) is 10.2 Å². The number of benzene rings is 2. The number of aromatic nitrogens is 5. The molecule has 0 atom stereocenters. The van der Waals surface area contributed by atoms with Gasteiger partial charge in [-0.1, -0.05) is 6.07 Å². The molecule has 0 saturated carbocycles. The molecule has 1 N–H and O–H groups in total. The van der Waals surface area contributed by atoms with Gasteiger partial charge in [0.1, 0.15) is 23.9 Å². The summed E-state index contributed by atoms with van der Waals surface area (Å²) in [5.41, 5.74) is 2.66. The molecule has 0 aliphatic carbocycles. The molecule has 10 nitrogen and oxygen atoms in total. The number of anilines is 1. The quantitative estimate of drug-likeness (QED) is 0.310. The number of hydrogen-bond acceptors (Lipinski definition) is 7. The number of pyridine rings is 1. The molecule has 0 aliphatic rings. The Balaban J connectivity index is 1.26. The Morgan fingerprint density at radius 3 is 2.70 bits per heavy atom. The number of nitrogens with one attached hydrogen (secondary N) is 1. The van der Waals surface area contributed by atoms with Crippen LogP contribution in [0.15, 0.2) is 79.4 Å². The summed E-state index contributed by atoms with van der Waals surface area (Å²) < 4.78 is 20.1. The zero-order valence-electron chi connectivity index (χ0n) is 20.5. The highest BCUT2D eigenvalue weighted by Crippen LogP contribution is 2.26. The average Bonchev–Trinajstić information content (AvgIpc) is 3.59. The summed E-state index contributed by atoms with van der Waals surface area (Å²) in [6, 6.07) is 16.5. The lowest BCUT2D eigenvalue weighted by Crippen LogP contribution is -2.13. The molecule has 5 aromatic rings. The second kappa shape index (κ2) is 10.8. The summed E-state index contributed by atoms with van der Waals surface area (Å²) in [5, 5.41) is 12.3. The van der Waals surface area contributed by atoms with Crippen molar-refractivity contribution in [3.63, 3.8) is 0 Å². The van der Waals surface area contributed by atoms with Crippen molar-refractivity contribution < 1.29 is 19.0 Å². The van der Waals surface area contributed by atoms with Gasteiger partial charge in [0, 0.05) is 47.4 Å². The maximum absolute atomic E-state index is 12.9. The Labute approximate surface area is 213 Å². The van der Waals surface area contributed by atoms with Gasteiger partial charge in [0.25, 0.3) is 5.91 Å². The summed E-state index contributed by atoms with van der Waals surface area (Å²) in [7, 11) is 3.23. The van der Waals surface area contributed by atoms with E-state index in [0.29, 0.717) is 53.8 Å². The van der Waals surface area contributed by atoms with Crippen molar-refractivity contribution in [2.45, 2.75) is 13.1 Å². The third-order valence-corrected chi connectivity index (χ3v) is 5.79. The maximum Gasteiger partial charge on any atom is 0.257 e. The molecule has 0 saturated heterocycles. The Bertz CT molecular complexity index is 1510. The molecule has 0 spiro atoms. The number of carbonyl (C=O) groups excluding carboxylic acids is 1. The number of nitrogens with zero attached hydrogens (tertiary/aromatic N) is 5. The molecule has 37 heavy (non-hydrogen) atoms. The van der Waals surface area contributed by atoms with Crippen LogP contribution in [0.2, 0.25) is 0 Å². The lowest BCUT2D eigenvalue weighted by Gasteiger charge is -2.11. The van der Waals surface area contributed by atoms with Crippen LogP contribution in [0, 0.1) is 0 Å². The van der Waals surface area contributed by atoms with Gasteiger partial charge in [0.05, 0.1) is 39.1 Å². The van der Waals surface area contributed by atoms with Crippen molar-refractivity contribution in [3.05, 3.63) is 90.5 Å². The largest absolute Gasteiger partial charge is 0.497 e. The number of hydrogen-bond donors (Lipinski definition) is 1. The Hall–Kier alpha value is -4.86. The van der Waals surface area contributed by atoms with Gasteiger partial charge in [-0.05, 0) is 36.4 Å². The fourth-order valence-electron chi connectivity index (χ4n) is 3.91. The van der Waals surface area contributed by atoms with Crippen molar-refractivity contribution in [3.8, 4) is 17.2 Å². The van der Waals surface area contributed by atoms with Crippen molar-refractivity contribution in [2.75, 3.05) is 26.1 Å². The van der Waals surface area contributed by atoms with Gasteiger partial charge >= 0.3 is 0 Å². The summed E-state index contributed by atoms with van der Waals surface area (Å²) in [6.45, 7) is 1.56. The molecule has 0 bridgehead atoms. The van der Waals surface area contributed by atoms with Crippen LogP contribution in [-0.4, -0.2) is 51.3 Å².